The SMILES string of the molecule is CC(C)=C1Oc2c(ccc(O)c2CN2CCN(c3ccc(F)cc3)CC2)C1=O. The van der Waals surface area contributed by atoms with E-state index in [9.17, 15) is 14.3 Å². The van der Waals surface area contributed by atoms with Crippen molar-refractivity contribution in [2.24, 2.45) is 0 Å². The number of hydrogen-bond acceptors (Lipinski definition) is 5. The number of carbonyl (C=O) groups excluding carboxylic acids is 1. The lowest BCUT2D eigenvalue weighted by molar-refractivity contribution is 0.101. The maximum Gasteiger partial charge on any atom is 0.231 e. The van der Waals surface area contributed by atoms with Gasteiger partial charge in [-0.2, -0.15) is 0 Å². The number of benzene rings is 2. The number of ether oxygens (including phenoxy) is 1. The molecule has 1 N–H and O–H groups in total. The van der Waals surface area contributed by atoms with Crippen molar-refractivity contribution in [2.75, 3.05) is 31.1 Å². The Morgan fingerprint density at radius 1 is 1.07 bits per heavy atom. The molecule has 0 spiro atoms. The number of halogens is 1. The molecule has 0 aromatic heterocycles. The molecule has 0 radical (unpaired) electrons. The van der Waals surface area contributed by atoms with E-state index in [-0.39, 0.29) is 17.3 Å². The van der Waals surface area contributed by atoms with Crippen LogP contribution in [0.5, 0.6) is 11.5 Å². The van der Waals surface area contributed by atoms with Crippen LogP contribution in [0.25, 0.3) is 0 Å². The first-order chi connectivity index (χ1) is 13.4. The van der Waals surface area contributed by atoms with E-state index >= 15 is 0 Å². The molecule has 1 fully saturated rings. The molecular formula is C22H23FN2O3. The van der Waals surface area contributed by atoms with Crippen LogP contribution in [-0.2, 0) is 6.54 Å². The monoisotopic (exact) mass is 382 g/mol. The standard InChI is InChI=1S/C22H23FN2O3/c1-14(2)21-20(27)17-7-8-19(26)18(22(17)28-21)13-24-9-11-25(12-10-24)16-5-3-15(23)4-6-16/h3-8,26H,9-13H2,1-2H3. The van der Waals surface area contributed by atoms with E-state index in [2.05, 4.69) is 9.80 Å². The van der Waals surface area contributed by atoms with Crippen LogP contribution in [0.15, 0.2) is 47.7 Å². The molecule has 2 aromatic carbocycles. The number of carbonyl (C=O) groups is 1. The fourth-order valence-corrected chi connectivity index (χ4v) is 3.71. The van der Waals surface area contributed by atoms with Gasteiger partial charge in [-0.15, -0.1) is 0 Å². The number of anilines is 1. The molecule has 2 aromatic rings. The number of piperazine rings is 1. The van der Waals surface area contributed by atoms with Gasteiger partial charge in [0.25, 0.3) is 0 Å². The van der Waals surface area contributed by atoms with Gasteiger partial charge in [0.2, 0.25) is 5.78 Å². The van der Waals surface area contributed by atoms with Crippen LogP contribution in [0.2, 0.25) is 0 Å². The van der Waals surface area contributed by atoms with Crippen LogP contribution < -0.4 is 9.64 Å². The molecule has 0 bridgehead atoms. The van der Waals surface area contributed by atoms with Gasteiger partial charge in [-0.1, -0.05) is 0 Å². The first kappa shape index (κ1) is 18.5. The van der Waals surface area contributed by atoms with Crippen molar-refractivity contribution in [3.63, 3.8) is 0 Å². The smallest absolute Gasteiger partial charge is 0.231 e. The zero-order valence-electron chi connectivity index (χ0n) is 16.0. The summed E-state index contributed by atoms with van der Waals surface area (Å²) in [6.07, 6.45) is 0. The molecule has 5 nitrogen and oxygen atoms in total. The van der Waals surface area contributed by atoms with Crippen LogP contribution in [0, 0.1) is 5.82 Å². The van der Waals surface area contributed by atoms with Crippen molar-refractivity contribution in [2.45, 2.75) is 20.4 Å². The summed E-state index contributed by atoms with van der Waals surface area (Å²) < 4.78 is 19.0. The highest BCUT2D eigenvalue weighted by atomic mass is 19.1. The number of fused-ring (bicyclic) bond motifs is 1. The van der Waals surface area contributed by atoms with E-state index in [1.54, 1.807) is 24.3 Å². The first-order valence-corrected chi connectivity index (χ1v) is 9.42. The molecule has 0 unspecified atom stereocenters. The number of phenols is 1. The summed E-state index contributed by atoms with van der Waals surface area (Å²) in [6.45, 7) is 7.39. The molecule has 2 aliphatic heterocycles. The van der Waals surface area contributed by atoms with Crippen LogP contribution in [-0.4, -0.2) is 42.0 Å². The third-order valence-electron chi connectivity index (χ3n) is 5.29. The van der Waals surface area contributed by atoms with Gasteiger partial charge in [0, 0.05) is 38.4 Å². The Bertz CT molecular complexity index is 941. The van der Waals surface area contributed by atoms with Crippen molar-refractivity contribution in [1.29, 1.82) is 0 Å². The second kappa shape index (κ2) is 7.28. The summed E-state index contributed by atoms with van der Waals surface area (Å²) in [5, 5.41) is 10.4. The molecule has 0 saturated carbocycles. The minimum atomic E-state index is -0.235. The van der Waals surface area contributed by atoms with Crippen molar-refractivity contribution < 1.29 is 19.0 Å². The predicted octanol–water partition coefficient (Wildman–Crippen LogP) is 3.72. The molecule has 28 heavy (non-hydrogen) atoms. The highest BCUT2D eigenvalue weighted by Crippen LogP contribution is 2.40. The lowest BCUT2D eigenvalue weighted by Gasteiger charge is -2.36. The summed E-state index contributed by atoms with van der Waals surface area (Å²) >= 11 is 0. The Morgan fingerprint density at radius 3 is 2.39 bits per heavy atom. The Labute approximate surface area is 163 Å². The van der Waals surface area contributed by atoms with Crippen LogP contribution in [0.4, 0.5) is 10.1 Å². The zero-order chi connectivity index (χ0) is 19.8. The average molecular weight is 382 g/mol. The number of phenolic OH excluding ortho intramolecular Hbond substituents is 1. The van der Waals surface area contributed by atoms with Gasteiger partial charge in [-0.25, -0.2) is 4.39 Å². The Kier molecular flexibility index (Phi) is 4.81. The first-order valence-electron chi connectivity index (χ1n) is 9.42. The van der Waals surface area contributed by atoms with Gasteiger partial charge in [0.15, 0.2) is 5.76 Å². The molecule has 1 saturated heterocycles. The molecular weight excluding hydrogens is 359 g/mol. The highest BCUT2D eigenvalue weighted by molar-refractivity contribution is 6.13. The summed E-state index contributed by atoms with van der Waals surface area (Å²) in [5.41, 5.74) is 2.98. The molecule has 2 heterocycles. The maximum absolute atomic E-state index is 13.1. The van der Waals surface area contributed by atoms with Gasteiger partial charge < -0.3 is 14.7 Å². The third-order valence-corrected chi connectivity index (χ3v) is 5.29. The third kappa shape index (κ3) is 3.36. The number of hydrogen-bond donors (Lipinski definition) is 1. The number of allylic oxidation sites excluding steroid dienone is 2. The average Bonchev–Trinajstić information content (AvgIpc) is 3.02. The van der Waals surface area contributed by atoms with Gasteiger partial charge >= 0.3 is 0 Å². The molecule has 0 atom stereocenters. The van der Waals surface area contributed by atoms with E-state index in [1.807, 2.05) is 13.8 Å². The second-order valence-corrected chi connectivity index (χ2v) is 7.44. The quantitative estimate of drug-likeness (QED) is 0.820. The van der Waals surface area contributed by atoms with Crippen molar-refractivity contribution in [3.8, 4) is 11.5 Å². The highest BCUT2D eigenvalue weighted by Gasteiger charge is 2.32. The van der Waals surface area contributed by atoms with Gasteiger partial charge in [0.1, 0.15) is 17.3 Å². The number of rotatable bonds is 3. The Balaban J connectivity index is 1.49. The summed E-state index contributed by atoms with van der Waals surface area (Å²) in [6, 6.07) is 9.73. The number of aromatic hydroxyl groups is 1. The lowest BCUT2D eigenvalue weighted by Crippen LogP contribution is -2.46. The predicted molar refractivity (Wildman–Crippen MR) is 105 cm³/mol. The van der Waals surface area contributed by atoms with Crippen molar-refractivity contribution >= 4 is 11.5 Å². The Hall–Kier alpha value is -2.86. The lowest BCUT2D eigenvalue weighted by atomic mass is 10.0. The van der Waals surface area contributed by atoms with Crippen molar-refractivity contribution in [1.82, 2.24) is 4.90 Å². The Morgan fingerprint density at radius 2 is 1.75 bits per heavy atom. The summed E-state index contributed by atoms with van der Waals surface area (Å²) in [4.78, 5) is 16.9. The summed E-state index contributed by atoms with van der Waals surface area (Å²) in [7, 11) is 0. The van der Waals surface area contributed by atoms with Gasteiger partial charge in [-0.05, 0) is 55.8 Å². The zero-order valence-corrected chi connectivity index (χ0v) is 16.0. The number of nitrogens with zero attached hydrogens (tertiary/aromatic N) is 2. The molecule has 0 amide bonds. The second-order valence-electron chi connectivity index (χ2n) is 7.44. The van der Waals surface area contributed by atoms with E-state index in [1.165, 1.54) is 12.1 Å². The van der Waals surface area contributed by atoms with E-state index in [0.717, 1.165) is 37.4 Å². The molecule has 2 aliphatic rings. The van der Waals surface area contributed by atoms with Gasteiger partial charge in [-0.3, -0.25) is 9.69 Å². The molecule has 0 aliphatic carbocycles. The normalized spacial score (nSPS) is 16.9. The number of Topliss-reactive ketones (excluding diaryl/α,β-unsaturated/α-hetero) is 1. The largest absolute Gasteiger partial charge is 0.507 e. The molecule has 6 heteroatoms. The van der Waals surface area contributed by atoms with Crippen molar-refractivity contribution in [3.05, 3.63) is 64.7 Å². The van der Waals surface area contributed by atoms with Gasteiger partial charge in [0.05, 0.1) is 11.1 Å². The summed E-state index contributed by atoms with van der Waals surface area (Å²) in [5.74, 6) is 0.603. The fraction of sp³-hybridized carbons (Fsp3) is 0.318. The maximum atomic E-state index is 13.1. The van der Waals surface area contributed by atoms with Crippen LogP contribution in [0.3, 0.4) is 0 Å². The number of ketones is 1. The van der Waals surface area contributed by atoms with Crippen LogP contribution in [0.1, 0.15) is 29.8 Å². The minimum absolute atomic E-state index is 0.127. The minimum Gasteiger partial charge on any atom is -0.507 e. The van der Waals surface area contributed by atoms with Crippen LogP contribution >= 0.6 is 0 Å². The fourth-order valence-electron chi connectivity index (χ4n) is 3.71. The van der Waals surface area contributed by atoms with E-state index in [4.69, 9.17) is 4.74 Å². The molecule has 4 rings (SSSR count). The van der Waals surface area contributed by atoms with E-state index in [0.29, 0.717) is 29.2 Å². The topological polar surface area (TPSA) is 53.0 Å². The molecule has 146 valence electrons. The van der Waals surface area contributed by atoms with E-state index < -0.39 is 0 Å².